The van der Waals surface area contributed by atoms with Gasteiger partial charge in [0, 0.05) is 24.9 Å². The molecule has 5 heteroatoms. The summed E-state index contributed by atoms with van der Waals surface area (Å²) < 4.78 is 5.11. The van der Waals surface area contributed by atoms with Crippen molar-refractivity contribution in [2.75, 3.05) is 18.5 Å². The first-order valence-corrected chi connectivity index (χ1v) is 4.83. The van der Waals surface area contributed by atoms with Crippen LogP contribution in [0.25, 0.3) is 0 Å². The van der Waals surface area contributed by atoms with E-state index in [4.69, 9.17) is 4.74 Å². The topological polar surface area (TPSA) is 71.2 Å². The Morgan fingerprint density at radius 3 is 3.13 bits per heavy atom. The van der Waals surface area contributed by atoms with Crippen LogP contribution in [0.1, 0.15) is 6.42 Å². The summed E-state index contributed by atoms with van der Waals surface area (Å²) in [6, 6.07) is 2.75. The minimum atomic E-state index is -0.133. The number of H-pyrrole nitrogens is 1. The number of aromatic amines is 1. The van der Waals surface area contributed by atoms with Gasteiger partial charge in [0.05, 0.1) is 12.5 Å². The van der Waals surface area contributed by atoms with Gasteiger partial charge in [0.15, 0.2) is 5.43 Å². The van der Waals surface area contributed by atoms with E-state index in [1.165, 1.54) is 18.3 Å². The molecule has 0 bridgehead atoms. The SMILES string of the molecule is O=C(Nc1cc(=O)cc[nH]1)C1CCOC1. The molecule has 0 radical (unpaired) electrons. The van der Waals surface area contributed by atoms with Crippen molar-refractivity contribution >= 4 is 11.7 Å². The van der Waals surface area contributed by atoms with Crippen LogP contribution in [0.5, 0.6) is 0 Å². The molecule has 1 aliphatic heterocycles. The predicted molar refractivity (Wildman–Crippen MR) is 54.6 cm³/mol. The van der Waals surface area contributed by atoms with Gasteiger partial charge in [-0.25, -0.2) is 0 Å². The maximum absolute atomic E-state index is 11.6. The fourth-order valence-electron chi connectivity index (χ4n) is 1.49. The van der Waals surface area contributed by atoms with Crippen molar-refractivity contribution in [1.29, 1.82) is 0 Å². The van der Waals surface area contributed by atoms with E-state index in [2.05, 4.69) is 10.3 Å². The molecule has 0 aromatic carbocycles. The van der Waals surface area contributed by atoms with Crippen molar-refractivity contribution in [3.63, 3.8) is 0 Å². The molecule has 1 unspecified atom stereocenters. The second-order valence-electron chi connectivity index (χ2n) is 3.49. The molecular weight excluding hydrogens is 196 g/mol. The third kappa shape index (κ3) is 2.44. The zero-order chi connectivity index (χ0) is 10.7. The molecule has 2 N–H and O–H groups in total. The summed E-state index contributed by atoms with van der Waals surface area (Å²) in [5, 5.41) is 2.65. The highest BCUT2D eigenvalue weighted by Gasteiger charge is 2.23. The van der Waals surface area contributed by atoms with Crippen LogP contribution in [-0.4, -0.2) is 24.1 Å². The maximum Gasteiger partial charge on any atom is 0.231 e. The van der Waals surface area contributed by atoms with E-state index in [1.54, 1.807) is 0 Å². The van der Waals surface area contributed by atoms with Crippen molar-refractivity contribution in [3.8, 4) is 0 Å². The summed E-state index contributed by atoms with van der Waals surface area (Å²) in [6.07, 6.45) is 2.24. The first-order valence-electron chi connectivity index (χ1n) is 4.83. The van der Waals surface area contributed by atoms with Crippen LogP contribution >= 0.6 is 0 Å². The van der Waals surface area contributed by atoms with Gasteiger partial charge in [0.25, 0.3) is 0 Å². The number of ether oxygens (including phenoxy) is 1. The number of rotatable bonds is 2. The fourth-order valence-corrected chi connectivity index (χ4v) is 1.49. The Hall–Kier alpha value is -1.62. The van der Waals surface area contributed by atoms with Crippen molar-refractivity contribution in [3.05, 3.63) is 28.6 Å². The number of carbonyl (C=O) groups is 1. The molecule has 0 spiro atoms. The number of aromatic nitrogens is 1. The van der Waals surface area contributed by atoms with Crippen LogP contribution in [0, 0.1) is 5.92 Å². The number of pyridine rings is 1. The number of amides is 1. The third-order valence-corrected chi connectivity index (χ3v) is 2.33. The standard InChI is InChI=1S/C10H12N2O3/c13-8-1-3-11-9(5-8)12-10(14)7-2-4-15-6-7/h1,3,5,7H,2,4,6H2,(H2,11,12,13,14). The third-order valence-electron chi connectivity index (χ3n) is 2.33. The first kappa shape index (κ1) is 9.92. The van der Waals surface area contributed by atoms with Gasteiger partial charge < -0.3 is 15.0 Å². The van der Waals surface area contributed by atoms with Crippen LogP contribution in [0.4, 0.5) is 5.82 Å². The molecule has 80 valence electrons. The molecule has 2 rings (SSSR count). The van der Waals surface area contributed by atoms with Crippen molar-refractivity contribution < 1.29 is 9.53 Å². The molecule has 1 atom stereocenters. The predicted octanol–water partition coefficient (Wildman–Crippen LogP) is 0.350. The van der Waals surface area contributed by atoms with Gasteiger partial charge in [-0.3, -0.25) is 9.59 Å². The van der Waals surface area contributed by atoms with E-state index in [-0.39, 0.29) is 17.3 Å². The lowest BCUT2D eigenvalue weighted by molar-refractivity contribution is -0.119. The number of nitrogens with one attached hydrogen (secondary N) is 2. The smallest absolute Gasteiger partial charge is 0.231 e. The largest absolute Gasteiger partial charge is 0.381 e. The minimum absolute atomic E-state index is 0.102. The van der Waals surface area contributed by atoms with E-state index in [0.717, 1.165) is 6.42 Å². The lowest BCUT2D eigenvalue weighted by Crippen LogP contribution is -2.23. The van der Waals surface area contributed by atoms with Crippen molar-refractivity contribution in [2.45, 2.75) is 6.42 Å². The first-order chi connectivity index (χ1) is 7.25. The average molecular weight is 208 g/mol. The van der Waals surface area contributed by atoms with E-state index in [1.807, 2.05) is 0 Å². The van der Waals surface area contributed by atoms with Crippen LogP contribution in [0.15, 0.2) is 23.1 Å². The zero-order valence-electron chi connectivity index (χ0n) is 8.16. The Labute approximate surface area is 86.5 Å². The van der Waals surface area contributed by atoms with Gasteiger partial charge in [-0.15, -0.1) is 0 Å². The van der Waals surface area contributed by atoms with Gasteiger partial charge in [-0.1, -0.05) is 0 Å². The molecule has 0 saturated carbocycles. The Balaban J connectivity index is 2.02. The second-order valence-corrected chi connectivity index (χ2v) is 3.49. The number of carbonyl (C=O) groups excluding carboxylic acids is 1. The Morgan fingerprint density at radius 1 is 1.60 bits per heavy atom. The summed E-state index contributed by atoms with van der Waals surface area (Å²) in [6.45, 7) is 1.09. The monoisotopic (exact) mass is 208 g/mol. The highest BCUT2D eigenvalue weighted by Crippen LogP contribution is 2.13. The van der Waals surface area contributed by atoms with Gasteiger partial charge in [-0.2, -0.15) is 0 Å². The van der Waals surface area contributed by atoms with Gasteiger partial charge in [-0.05, 0) is 6.42 Å². The van der Waals surface area contributed by atoms with E-state index >= 15 is 0 Å². The summed E-state index contributed by atoms with van der Waals surface area (Å²) in [5.41, 5.74) is -0.133. The Morgan fingerprint density at radius 2 is 2.47 bits per heavy atom. The Bertz CT molecular complexity index is 407. The molecule has 1 saturated heterocycles. The quantitative estimate of drug-likeness (QED) is 0.736. The molecule has 1 aromatic heterocycles. The van der Waals surface area contributed by atoms with Crippen LogP contribution in [0.3, 0.4) is 0 Å². The average Bonchev–Trinajstić information content (AvgIpc) is 2.70. The molecule has 1 fully saturated rings. The lowest BCUT2D eigenvalue weighted by atomic mass is 10.1. The highest BCUT2D eigenvalue weighted by atomic mass is 16.5. The Kier molecular flexibility index (Phi) is 2.82. The maximum atomic E-state index is 11.6. The number of hydrogen-bond donors (Lipinski definition) is 2. The van der Waals surface area contributed by atoms with Gasteiger partial charge in [0.1, 0.15) is 5.82 Å². The molecule has 1 aromatic rings. The summed E-state index contributed by atoms with van der Waals surface area (Å²) in [7, 11) is 0. The zero-order valence-corrected chi connectivity index (χ0v) is 8.16. The van der Waals surface area contributed by atoms with Crippen LogP contribution in [-0.2, 0) is 9.53 Å². The molecule has 1 amide bonds. The molecule has 0 aliphatic carbocycles. The van der Waals surface area contributed by atoms with Crippen LogP contribution < -0.4 is 10.7 Å². The van der Waals surface area contributed by atoms with Crippen molar-refractivity contribution in [2.24, 2.45) is 5.92 Å². The second kappa shape index (κ2) is 4.27. The summed E-state index contributed by atoms with van der Waals surface area (Å²) >= 11 is 0. The summed E-state index contributed by atoms with van der Waals surface area (Å²) in [4.78, 5) is 25.4. The van der Waals surface area contributed by atoms with E-state index in [0.29, 0.717) is 19.0 Å². The molecule has 2 heterocycles. The normalized spacial score (nSPS) is 20.1. The lowest BCUT2D eigenvalue weighted by Gasteiger charge is -2.08. The van der Waals surface area contributed by atoms with Gasteiger partial charge >= 0.3 is 0 Å². The fraction of sp³-hybridized carbons (Fsp3) is 0.400. The molecular formula is C10H12N2O3. The van der Waals surface area contributed by atoms with Crippen molar-refractivity contribution in [1.82, 2.24) is 4.98 Å². The van der Waals surface area contributed by atoms with E-state index < -0.39 is 0 Å². The van der Waals surface area contributed by atoms with Gasteiger partial charge in [0.2, 0.25) is 5.91 Å². The van der Waals surface area contributed by atoms with E-state index in [9.17, 15) is 9.59 Å². The minimum Gasteiger partial charge on any atom is -0.381 e. The number of anilines is 1. The summed E-state index contributed by atoms with van der Waals surface area (Å²) in [5.74, 6) is 0.224. The molecule has 15 heavy (non-hydrogen) atoms. The highest BCUT2D eigenvalue weighted by molar-refractivity contribution is 5.91. The molecule has 1 aliphatic rings. The molecule has 5 nitrogen and oxygen atoms in total. The number of hydrogen-bond acceptors (Lipinski definition) is 3. The van der Waals surface area contributed by atoms with Crippen LogP contribution in [0.2, 0.25) is 0 Å².